The zero-order valence-corrected chi connectivity index (χ0v) is 16.2. The van der Waals surface area contributed by atoms with Crippen LogP contribution in [-0.2, 0) is 19.1 Å². The molecule has 0 aliphatic heterocycles. The normalized spacial score (nSPS) is 13.9. The van der Waals surface area contributed by atoms with Crippen LogP contribution >= 0.6 is 0 Å². The molecule has 25 heavy (non-hydrogen) atoms. The van der Waals surface area contributed by atoms with Gasteiger partial charge >= 0.3 is 11.9 Å². The molecule has 0 fully saturated rings. The van der Waals surface area contributed by atoms with E-state index >= 15 is 0 Å². The van der Waals surface area contributed by atoms with E-state index in [-0.39, 0.29) is 6.42 Å². The first-order valence-corrected chi connectivity index (χ1v) is 9.51. The molecule has 0 bridgehead atoms. The lowest BCUT2D eigenvalue weighted by molar-refractivity contribution is -0.168. The monoisotopic (exact) mass is 351 g/mol. The van der Waals surface area contributed by atoms with Crippen molar-refractivity contribution in [3.05, 3.63) is 31.2 Å². The molecular formula is C21H35O4. The fourth-order valence-corrected chi connectivity index (χ4v) is 2.43. The maximum absolute atomic E-state index is 12.7. The van der Waals surface area contributed by atoms with Crippen molar-refractivity contribution < 1.29 is 19.1 Å². The standard InChI is InChI=1S/C21H35O4/c1-5-9-12-14-18-25-20(23)21(15-8-4,16-11-7-3)19(22)24-17-13-10-6-2/h7-8,11,15H,4-6,9-10,12-14,16-18H2,1-3H3. The van der Waals surface area contributed by atoms with Crippen LogP contribution in [-0.4, -0.2) is 25.2 Å². The van der Waals surface area contributed by atoms with Crippen molar-refractivity contribution in [3.63, 3.8) is 0 Å². The maximum Gasteiger partial charge on any atom is 0.327 e. The number of carbonyl (C=O) groups excluding carboxylic acids is 2. The molecule has 1 unspecified atom stereocenters. The maximum atomic E-state index is 12.7. The third kappa shape index (κ3) is 8.89. The van der Waals surface area contributed by atoms with Gasteiger partial charge in [0.2, 0.25) is 0 Å². The highest BCUT2D eigenvalue weighted by Gasteiger charge is 2.45. The summed E-state index contributed by atoms with van der Waals surface area (Å²) in [5.74, 6) is -1.11. The summed E-state index contributed by atoms with van der Waals surface area (Å²) in [5.41, 5.74) is -1.44. The summed E-state index contributed by atoms with van der Waals surface area (Å²) >= 11 is 0. The average molecular weight is 352 g/mol. The van der Waals surface area contributed by atoms with E-state index in [2.05, 4.69) is 20.8 Å². The van der Waals surface area contributed by atoms with Gasteiger partial charge in [-0.05, 0) is 33.1 Å². The molecule has 0 aromatic carbocycles. The molecule has 0 saturated carbocycles. The SMILES string of the molecule is [CH2]C=CC(CC=CC)(C(=O)OCCCCC)C(=O)OCCCCCC. The minimum Gasteiger partial charge on any atom is -0.465 e. The average Bonchev–Trinajstić information content (AvgIpc) is 2.61. The van der Waals surface area contributed by atoms with Gasteiger partial charge in [0.15, 0.2) is 5.41 Å². The number of ether oxygens (including phenoxy) is 2. The van der Waals surface area contributed by atoms with Gasteiger partial charge < -0.3 is 9.47 Å². The molecule has 1 atom stereocenters. The van der Waals surface area contributed by atoms with Crippen LogP contribution in [0.4, 0.5) is 0 Å². The van der Waals surface area contributed by atoms with E-state index in [1.54, 1.807) is 6.08 Å². The van der Waals surface area contributed by atoms with Gasteiger partial charge in [-0.2, -0.15) is 0 Å². The molecule has 0 aliphatic rings. The van der Waals surface area contributed by atoms with Gasteiger partial charge in [-0.25, -0.2) is 0 Å². The molecule has 0 rings (SSSR count). The Morgan fingerprint density at radius 3 is 1.92 bits per heavy atom. The summed E-state index contributed by atoms with van der Waals surface area (Å²) in [6.45, 7) is 10.4. The van der Waals surface area contributed by atoms with Crippen LogP contribution in [0, 0.1) is 12.3 Å². The third-order valence-electron chi connectivity index (χ3n) is 4.02. The van der Waals surface area contributed by atoms with Gasteiger partial charge in [0.05, 0.1) is 13.2 Å². The second-order valence-corrected chi connectivity index (χ2v) is 6.19. The molecule has 1 radical (unpaired) electrons. The molecule has 0 amide bonds. The van der Waals surface area contributed by atoms with Crippen LogP contribution in [0.3, 0.4) is 0 Å². The van der Waals surface area contributed by atoms with Gasteiger partial charge in [-0.3, -0.25) is 9.59 Å². The van der Waals surface area contributed by atoms with Gasteiger partial charge in [0.1, 0.15) is 0 Å². The van der Waals surface area contributed by atoms with Crippen LogP contribution in [0.2, 0.25) is 0 Å². The summed E-state index contributed by atoms with van der Waals surface area (Å²) in [4.78, 5) is 25.4. The van der Waals surface area contributed by atoms with Crippen molar-refractivity contribution in [2.75, 3.05) is 13.2 Å². The molecule has 0 heterocycles. The lowest BCUT2D eigenvalue weighted by Gasteiger charge is -2.25. The Kier molecular flexibility index (Phi) is 13.8. The largest absolute Gasteiger partial charge is 0.465 e. The van der Waals surface area contributed by atoms with Crippen molar-refractivity contribution in [1.29, 1.82) is 0 Å². The van der Waals surface area contributed by atoms with E-state index in [1.165, 1.54) is 12.2 Å². The van der Waals surface area contributed by atoms with Crippen LogP contribution in [0.15, 0.2) is 24.3 Å². The number of rotatable bonds is 14. The fourth-order valence-electron chi connectivity index (χ4n) is 2.43. The summed E-state index contributed by atoms with van der Waals surface area (Å²) < 4.78 is 10.8. The van der Waals surface area contributed by atoms with E-state index in [9.17, 15) is 9.59 Å². The van der Waals surface area contributed by atoms with Crippen LogP contribution in [0.5, 0.6) is 0 Å². The summed E-state index contributed by atoms with van der Waals surface area (Å²) in [7, 11) is 0. The van der Waals surface area contributed by atoms with Gasteiger partial charge in [0, 0.05) is 0 Å². The molecule has 0 saturated heterocycles. The molecule has 4 heteroatoms. The fraction of sp³-hybridized carbons (Fsp3) is 0.667. The summed E-state index contributed by atoms with van der Waals surface area (Å²) in [6, 6.07) is 0. The van der Waals surface area contributed by atoms with Crippen LogP contribution in [0.1, 0.15) is 72.1 Å². The molecule has 143 valence electrons. The quantitative estimate of drug-likeness (QED) is 0.187. The minimum absolute atomic E-state index is 0.218. The lowest BCUT2D eigenvalue weighted by atomic mass is 9.83. The topological polar surface area (TPSA) is 52.6 Å². The second kappa shape index (κ2) is 14.7. The highest BCUT2D eigenvalue weighted by atomic mass is 16.6. The Morgan fingerprint density at radius 1 is 0.920 bits per heavy atom. The van der Waals surface area contributed by atoms with Crippen molar-refractivity contribution in [3.8, 4) is 0 Å². The molecule has 0 spiro atoms. The smallest absolute Gasteiger partial charge is 0.327 e. The number of hydrogen-bond donors (Lipinski definition) is 0. The third-order valence-corrected chi connectivity index (χ3v) is 4.02. The Morgan fingerprint density at radius 2 is 1.44 bits per heavy atom. The van der Waals surface area contributed by atoms with Crippen molar-refractivity contribution in [2.24, 2.45) is 5.41 Å². The summed E-state index contributed by atoms with van der Waals surface area (Å²) in [6.07, 6.45) is 13.7. The highest BCUT2D eigenvalue weighted by molar-refractivity contribution is 6.02. The zero-order valence-electron chi connectivity index (χ0n) is 16.2. The number of allylic oxidation sites excluding steroid dienone is 3. The number of carbonyl (C=O) groups is 2. The second-order valence-electron chi connectivity index (χ2n) is 6.19. The molecule has 0 aromatic rings. The summed E-state index contributed by atoms with van der Waals surface area (Å²) in [5, 5.41) is 0. The minimum atomic E-state index is -1.44. The molecule has 0 aliphatic carbocycles. The van der Waals surface area contributed by atoms with E-state index < -0.39 is 17.4 Å². The molecular weight excluding hydrogens is 316 g/mol. The van der Waals surface area contributed by atoms with E-state index in [0.29, 0.717) is 13.2 Å². The van der Waals surface area contributed by atoms with Gasteiger partial charge in [-0.1, -0.05) is 70.3 Å². The lowest BCUT2D eigenvalue weighted by Crippen LogP contribution is -2.40. The van der Waals surface area contributed by atoms with E-state index in [1.807, 2.05) is 13.0 Å². The first-order chi connectivity index (χ1) is 12.1. The highest BCUT2D eigenvalue weighted by Crippen LogP contribution is 2.29. The van der Waals surface area contributed by atoms with Gasteiger partial charge in [0.25, 0.3) is 0 Å². The first-order valence-electron chi connectivity index (χ1n) is 9.51. The van der Waals surface area contributed by atoms with Crippen molar-refractivity contribution in [2.45, 2.75) is 72.1 Å². The molecule has 0 N–H and O–H groups in total. The zero-order chi connectivity index (χ0) is 19.0. The number of hydrogen-bond acceptors (Lipinski definition) is 4. The Labute approximate surface area is 153 Å². The predicted octanol–water partition coefficient (Wildman–Crippen LogP) is 5.19. The van der Waals surface area contributed by atoms with Crippen LogP contribution in [0.25, 0.3) is 0 Å². The number of esters is 2. The first kappa shape index (κ1) is 23.4. The Hall–Kier alpha value is -1.58. The molecule has 0 aromatic heterocycles. The van der Waals surface area contributed by atoms with Gasteiger partial charge in [-0.15, -0.1) is 0 Å². The van der Waals surface area contributed by atoms with Crippen LogP contribution < -0.4 is 0 Å². The van der Waals surface area contributed by atoms with E-state index in [4.69, 9.17) is 9.47 Å². The Bertz CT molecular complexity index is 426. The Balaban J connectivity index is 5.01. The predicted molar refractivity (Wildman–Crippen MR) is 102 cm³/mol. The molecule has 4 nitrogen and oxygen atoms in total. The number of unbranched alkanes of at least 4 members (excludes halogenated alkanes) is 5. The van der Waals surface area contributed by atoms with Crippen molar-refractivity contribution in [1.82, 2.24) is 0 Å². The van der Waals surface area contributed by atoms with Crippen molar-refractivity contribution >= 4 is 11.9 Å². The van der Waals surface area contributed by atoms with E-state index in [0.717, 1.165) is 44.9 Å².